The number of aromatic hydroxyl groups is 1. The maximum Gasteiger partial charge on any atom is 0.335 e. The summed E-state index contributed by atoms with van der Waals surface area (Å²) in [6.45, 7) is 9.00. The molecular weight excluding hydrogens is 1390 g/mol. The van der Waals surface area contributed by atoms with Gasteiger partial charge in [-0.2, -0.15) is 0 Å². The SMILES string of the molecule is CC(=O)c1ccc(CN(CC(=O)NO)Cc2ccc(C(=O)O)cc2)cc1.CC(=O)c1cccc(CN(CC(=O)NO)Cc2ccc(C)cc2)c1.COc1cc(F)c(CN(CC(=O)NO)Cc2cccc(C(C)=O)c2)c(F)c1.Cc1c(Cl)ccc(CN(CC(=O)NO)Cc2ccc(Cl)c(O)c2F)c1F. The monoisotopic (exact) mass is 1460 g/mol. The normalized spacial score (nSPS) is 10.8. The minimum Gasteiger partial charge on any atom is -0.504 e. The maximum absolute atomic E-state index is 14.4. The molecule has 0 saturated heterocycles. The minimum atomic E-state index is -1.00. The summed E-state index contributed by atoms with van der Waals surface area (Å²) in [5.74, 6) is -7.38. The zero-order valence-corrected chi connectivity index (χ0v) is 58.4. The molecule has 0 aliphatic rings. The molecule has 23 nitrogen and oxygen atoms in total. The highest BCUT2D eigenvalue weighted by molar-refractivity contribution is 6.32. The van der Waals surface area contributed by atoms with E-state index in [9.17, 15) is 61.0 Å². The average molecular weight is 1470 g/mol. The summed E-state index contributed by atoms with van der Waals surface area (Å²) in [5.41, 5.74) is 14.1. The Morgan fingerprint density at radius 3 is 1.15 bits per heavy atom. The number of carboxylic acids is 1. The van der Waals surface area contributed by atoms with Gasteiger partial charge in [-0.3, -0.25) is 74.0 Å². The molecule has 0 aromatic heterocycles. The second-order valence-electron chi connectivity index (χ2n) is 23.6. The minimum absolute atomic E-state index is 0.00929. The number of nitrogens with zero attached hydrogens (tertiary/aromatic N) is 4. The standard InChI is InChI=1S/C19H20F2N2O4.C19H20N2O5.C19H22N2O3.C17H16Cl2F2N2O3/c1-12(24)14-5-3-4-13(6-14)9-23(11-19(25)22-26)10-16-17(20)7-15(27-2)8-18(16)21;1-13(22)16-6-2-14(3-7-16)10-21(12-18(23)20-26)11-15-4-8-17(9-5-15)19(24)25;1-14-6-8-16(9-7-14)11-21(13-19(23)20-24)12-17-4-3-5-18(10-17)15(2)22;1-9-12(18)4-2-10(15(9)20)6-23(8-14(24)22-26)7-11-3-5-13(19)17(25)16(11)21/h3-8,26H,9-11H2,1-2H3,(H,22,25);2-9,26H,10-12H2,1H3,(H,20,23)(H,24,25);3-10,24H,11-13H2,1-2H3,(H,20,23);2-5,25-26H,6-8H2,1H3,(H,22,24). The van der Waals surface area contributed by atoms with Crippen LogP contribution in [0.2, 0.25) is 10.0 Å². The Balaban J connectivity index is 0.000000247. The number of carbonyl (C=O) groups is 8. The van der Waals surface area contributed by atoms with Gasteiger partial charge >= 0.3 is 5.97 Å². The predicted octanol–water partition coefficient (Wildman–Crippen LogP) is 11.3. The van der Waals surface area contributed by atoms with E-state index in [1.165, 1.54) is 97.5 Å². The lowest BCUT2D eigenvalue weighted by Gasteiger charge is -2.22. The van der Waals surface area contributed by atoms with Gasteiger partial charge in [0.05, 0.1) is 43.9 Å². The third kappa shape index (κ3) is 27.5. The van der Waals surface area contributed by atoms with Crippen LogP contribution in [0.15, 0.2) is 158 Å². The molecule has 0 aliphatic carbocycles. The number of aromatic carboxylic acids is 1. The van der Waals surface area contributed by atoms with Gasteiger partial charge in [0, 0.05) is 108 Å². The zero-order chi connectivity index (χ0) is 76.0. The third-order valence-electron chi connectivity index (χ3n) is 15.4. The summed E-state index contributed by atoms with van der Waals surface area (Å²) < 4.78 is 61.9. The Morgan fingerprint density at radius 2 is 0.767 bits per heavy atom. The molecule has 8 rings (SSSR count). The van der Waals surface area contributed by atoms with E-state index >= 15 is 0 Å². The first kappa shape index (κ1) is 83.4. The van der Waals surface area contributed by atoms with Crippen LogP contribution in [-0.4, -0.2) is 131 Å². The van der Waals surface area contributed by atoms with Crippen LogP contribution in [0.4, 0.5) is 17.6 Å². The molecule has 0 saturated carbocycles. The van der Waals surface area contributed by atoms with E-state index in [0.29, 0.717) is 48.4 Å². The van der Waals surface area contributed by atoms with Crippen molar-refractivity contribution >= 4 is 70.1 Å². The van der Waals surface area contributed by atoms with Crippen molar-refractivity contribution in [1.82, 2.24) is 41.5 Å². The van der Waals surface area contributed by atoms with Crippen LogP contribution in [0.1, 0.15) is 118 Å². The molecule has 0 aliphatic heterocycles. The van der Waals surface area contributed by atoms with Crippen molar-refractivity contribution in [1.29, 1.82) is 0 Å². The Hall–Kier alpha value is -10.3. The van der Waals surface area contributed by atoms with Gasteiger partial charge in [-0.25, -0.2) is 44.3 Å². The summed E-state index contributed by atoms with van der Waals surface area (Å²) in [5, 5.41) is 53.8. The molecule has 0 atom stereocenters. The molecule has 0 fully saturated rings. The first-order valence-corrected chi connectivity index (χ1v) is 32.1. The lowest BCUT2D eigenvalue weighted by atomic mass is 10.1. The maximum atomic E-state index is 14.4. The highest BCUT2D eigenvalue weighted by atomic mass is 35.5. The fraction of sp³-hybridized carbons (Fsp3) is 0.243. The molecule has 4 amide bonds. The van der Waals surface area contributed by atoms with Crippen molar-refractivity contribution in [2.75, 3.05) is 33.3 Å². The van der Waals surface area contributed by atoms with Crippen molar-refractivity contribution in [3.05, 3.63) is 269 Å². The van der Waals surface area contributed by atoms with Crippen LogP contribution in [0.5, 0.6) is 11.5 Å². The largest absolute Gasteiger partial charge is 0.504 e. The quantitative estimate of drug-likeness (QED) is 0.00901. The fourth-order valence-corrected chi connectivity index (χ4v) is 10.4. The van der Waals surface area contributed by atoms with E-state index in [4.69, 9.17) is 53.9 Å². The highest BCUT2D eigenvalue weighted by Crippen LogP contribution is 2.31. The number of methoxy groups -OCH3 is 1. The number of amides is 4. The van der Waals surface area contributed by atoms with Gasteiger partial charge in [0.1, 0.15) is 23.2 Å². The number of nitrogens with one attached hydrogen (secondary N) is 4. The van der Waals surface area contributed by atoms with Crippen molar-refractivity contribution in [2.45, 2.75) is 87.0 Å². The van der Waals surface area contributed by atoms with Gasteiger partial charge in [-0.05, 0) is 98.8 Å². The number of phenols is 1. The number of ketones is 3. The molecule has 8 aromatic rings. The molecule has 0 spiro atoms. The Morgan fingerprint density at radius 1 is 0.417 bits per heavy atom. The van der Waals surface area contributed by atoms with Crippen LogP contribution in [-0.2, 0) is 71.5 Å². The summed E-state index contributed by atoms with van der Waals surface area (Å²) in [7, 11) is 1.30. The number of carbonyl (C=O) groups excluding carboxylic acids is 7. The first-order chi connectivity index (χ1) is 48.9. The number of hydroxylamine groups is 4. The zero-order valence-electron chi connectivity index (χ0n) is 56.9. The molecule has 8 aromatic carbocycles. The third-order valence-corrected chi connectivity index (χ3v) is 16.1. The topological polar surface area (TPSA) is 328 Å². The Bertz CT molecular complexity index is 4110. The van der Waals surface area contributed by atoms with Crippen LogP contribution in [0.3, 0.4) is 0 Å². The average Bonchev–Trinajstić information content (AvgIpc) is 0.832. The molecular formula is C74H78Cl2F4N8O15. The van der Waals surface area contributed by atoms with Crippen LogP contribution in [0, 0.1) is 37.1 Å². The Kier molecular flexibility index (Phi) is 33.6. The van der Waals surface area contributed by atoms with Crippen LogP contribution >= 0.6 is 23.2 Å². The number of ether oxygens (including phenoxy) is 1. The van der Waals surface area contributed by atoms with E-state index in [-0.39, 0.29) is 113 Å². The smallest absolute Gasteiger partial charge is 0.335 e. The van der Waals surface area contributed by atoms with Gasteiger partial charge in [-0.15, -0.1) is 0 Å². The first-order valence-electron chi connectivity index (χ1n) is 31.3. The molecule has 29 heteroatoms. The van der Waals surface area contributed by atoms with Gasteiger partial charge in [0.15, 0.2) is 28.9 Å². The lowest BCUT2D eigenvalue weighted by Crippen LogP contribution is -2.35. The lowest BCUT2D eigenvalue weighted by molar-refractivity contribution is -0.131. The predicted molar refractivity (Wildman–Crippen MR) is 372 cm³/mol. The van der Waals surface area contributed by atoms with Gasteiger partial charge in [-0.1, -0.05) is 138 Å². The van der Waals surface area contributed by atoms with Crippen LogP contribution in [0.25, 0.3) is 0 Å². The number of Topliss-reactive ketones (excluding diaryl/α,β-unsaturated/α-hetero) is 3. The van der Waals surface area contributed by atoms with Gasteiger partial charge in [0.2, 0.25) is 0 Å². The van der Waals surface area contributed by atoms with Gasteiger partial charge < -0.3 is 14.9 Å². The van der Waals surface area contributed by atoms with E-state index < -0.39 is 58.6 Å². The highest BCUT2D eigenvalue weighted by Gasteiger charge is 2.22. The number of rotatable bonds is 29. The molecule has 103 heavy (non-hydrogen) atoms. The number of halogens is 6. The number of carboxylic acid groups (broad SMARTS) is 1. The number of hydrogen-bond acceptors (Lipinski definition) is 18. The molecule has 10 N–H and O–H groups in total. The summed E-state index contributed by atoms with van der Waals surface area (Å²) in [6, 6.07) is 43.4. The van der Waals surface area contributed by atoms with E-state index in [2.05, 4.69) is 0 Å². The Labute approximate surface area is 601 Å². The number of phenolic OH excluding ortho intramolecular Hbond substituents is 1. The number of benzene rings is 8. The summed E-state index contributed by atoms with van der Waals surface area (Å²) in [4.78, 5) is 98.1. The van der Waals surface area contributed by atoms with E-state index in [0.717, 1.165) is 34.4 Å². The van der Waals surface area contributed by atoms with Crippen molar-refractivity contribution < 1.29 is 91.7 Å². The second kappa shape index (κ2) is 41.6. The number of hydrogen-bond donors (Lipinski definition) is 10. The summed E-state index contributed by atoms with van der Waals surface area (Å²) in [6.07, 6.45) is 0. The van der Waals surface area contributed by atoms with Crippen molar-refractivity contribution in [3.63, 3.8) is 0 Å². The number of aryl methyl sites for hydroxylation is 1. The van der Waals surface area contributed by atoms with Crippen LogP contribution < -0.4 is 26.7 Å². The molecule has 546 valence electrons. The van der Waals surface area contributed by atoms with E-state index in [1.807, 2.05) is 66.4 Å². The fourth-order valence-electron chi connectivity index (χ4n) is 10.1. The molecule has 0 bridgehead atoms. The van der Waals surface area contributed by atoms with E-state index in [1.54, 1.807) is 70.5 Å². The van der Waals surface area contributed by atoms with Gasteiger partial charge in [0.25, 0.3) is 23.6 Å². The summed E-state index contributed by atoms with van der Waals surface area (Å²) >= 11 is 11.5. The van der Waals surface area contributed by atoms with Crippen molar-refractivity contribution in [2.24, 2.45) is 0 Å². The molecule has 0 radical (unpaired) electrons. The molecule has 0 unspecified atom stereocenters. The van der Waals surface area contributed by atoms with Crippen molar-refractivity contribution in [3.8, 4) is 11.5 Å². The molecule has 0 heterocycles. The second-order valence-corrected chi connectivity index (χ2v) is 24.4.